The van der Waals surface area contributed by atoms with Crippen LogP contribution < -0.4 is 0 Å². The van der Waals surface area contributed by atoms with E-state index in [0.717, 1.165) is 19.4 Å². The largest absolute Gasteiger partial charge is 0.444 e. The number of oxazole rings is 1. The van der Waals surface area contributed by atoms with E-state index in [2.05, 4.69) is 9.88 Å². The summed E-state index contributed by atoms with van der Waals surface area (Å²) in [6, 6.07) is 3.98. The van der Waals surface area contributed by atoms with E-state index >= 15 is 0 Å². The lowest BCUT2D eigenvalue weighted by atomic mass is 10.1. The van der Waals surface area contributed by atoms with Gasteiger partial charge in [0.25, 0.3) is 0 Å². The number of benzene rings is 1. The van der Waals surface area contributed by atoms with Crippen LogP contribution in [0.1, 0.15) is 31.9 Å². The van der Waals surface area contributed by atoms with Crippen LogP contribution in [-0.4, -0.2) is 33.7 Å². The molecule has 1 saturated heterocycles. The first-order valence-electron chi connectivity index (χ1n) is 7.85. The lowest BCUT2D eigenvalue weighted by Crippen LogP contribution is -2.31. The Bertz CT molecular complexity index is 652. The average molecular weight is 322 g/mol. The first-order chi connectivity index (χ1) is 11.0. The Balaban J connectivity index is 1.75. The van der Waals surface area contributed by atoms with Gasteiger partial charge in [-0.25, -0.2) is 13.8 Å². The molecule has 0 aliphatic carbocycles. The fraction of sp³-hybridized carbons (Fsp3) is 0.471. The van der Waals surface area contributed by atoms with Gasteiger partial charge in [0.15, 0.2) is 0 Å². The van der Waals surface area contributed by atoms with E-state index in [1.54, 1.807) is 6.92 Å². The normalized spacial score (nSPS) is 20.1. The van der Waals surface area contributed by atoms with Crippen molar-refractivity contribution in [3.05, 3.63) is 41.8 Å². The summed E-state index contributed by atoms with van der Waals surface area (Å²) in [4.78, 5) is 6.46. The third-order valence-electron chi connectivity index (χ3n) is 4.21. The molecule has 4 nitrogen and oxygen atoms in total. The molecule has 23 heavy (non-hydrogen) atoms. The number of aliphatic hydroxyl groups excluding tert-OH is 1. The molecule has 2 aromatic rings. The fourth-order valence-electron chi connectivity index (χ4n) is 3.17. The SMILES string of the molecule is CC(O)CC1CCCN1Cc1coc(-c2c(F)cccc2F)n1. The molecule has 0 saturated carbocycles. The van der Waals surface area contributed by atoms with E-state index in [1.165, 1.54) is 24.5 Å². The van der Waals surface area contributed by atoms with Gasteiger partial charge in [0.2, 0.25) is 5.89 Å². The van der Waals surface area contributed by atoms with Gasteiger partial charge in [-0.3, -0.25) is 4.90 Å². The molecule has 1 fully saturated rings. The highest BCUT2D eigenvalue weighted by molar-refractivity contribution is 5.55. The summed E-state index contributed by atoms with van der Waals surface area (Å²) in [5, 5.41) is 9.57. The van der Waals surface area contributed by atoms with E-state index in [0.29, 0.717) is 24.7 Å². The van der Waals surface area contributed by atoms with Gasteiger partial charge >= 0.3 is 0 Å². The zero-order valence-corrected chi connectivity index (χ0v) is 13.0. The van der Waals surface area contributed by atoms with Gasteiger partial charge in [0, 0.05) is 12.6 Å². The minimum absolute atomic E-state index is 0.0399. The number of likely N-dealkylation sites (tertiary alicyclic amines) is 1. The maximum atomic E-state index is 13.8. The Hall–Kier alpha value is -1.79. The van der Waals surface area contributed by atoms with Crippen molar-refractivity contribution in [2.45, 2.75) is 44.9 Å². The summed E-state index contributed by atoms with van der Waals surface area (Å²) in [5.41, 5.74) is 0.404. The Morgan fingerprint density at radius 3 is 2.83 bits per heavy atom. The monoisotopic (exact) mass is 322 g/mol. The molecule has 1 aliphatic heterocycles. The molecule has 0 bridgehead atoms. The summed E-state index contributed by atoms with van der Waals surface area (Å²) < 4.78 is 32.8. The molecule has 0 spiro atoms. The standard InChI is InChI=1S/C17H20F2N2O2/c1-11(22)8-13-4-3-7-21(13)9-12-10-23-17(20-12)16-14(18)5-2-6-15(16)19/h2,5-6,10-11,13,22H,3-4,7-9H2,1H3. The van der Waals surface area contributed by atoms with E-state index in [4.69, 9.17) is 4.42 Å². The minimum atomic E-state index is -0.688. The Morgan fingerprint density at radius 1 is 1.39 bits per heavy atom. The molecule has 2 unspecified atom stereocenters. The van der Waals surface area contributed by atoms with Crippen molar-refractivity contribution in [1.82, 2.24) is 9.88 Å². The van der Waals surface area contributed by atoms with Crippen LogP contribution in [0.5, 0.6) is 0 Å². The molecular weight excluding hydrogens is 302 g/mol. The van der Waals surface area contributed by atoms with Crippen molar-refractivity contribution >= 4 is 0 Å². The first-order valence-corrected chi connectivity index (χ1v) is 7.85. The van der Waals surface area contributed by atoms with E-state index in [-0.39, 0.29) is 17.6 Å². The predicted octanol–water partition coefficient (Wildman–Crippen LogP) is 3.36. The molecule has 1 aromatic heterocycles. The molecule has 124 valence electrons. The number of halogens is 2. The number of nitrogens with zero attached hydrogens (tertiary/aromatic N) is 2. The van der Waals surface area contributed by atoms with Gasteiger partial charge in [-0.1, -0.05) is 6.07 Å². The Morgan fingerprint density at radius 2 is 2.13 bits per heavy atom. The van der Waals surface area contributed by atoms with E-state index < -0.39 is 11.6 Å². The third kappa shape index (κ3) is 3.59. The van der Waals surface area contributed by atoms with Crippen molar-refractivity contribution in [2.24, 2.45) is 0 Å². The van der Waals surface area contributed by atoms with Crippen molar-refractivity contribution in [3.63, 3.8) is 0 Å². The molecule has 6 heteroatoms. The van der Waals surface area contributed by atoms with Gasteiger partial charge in [-0.05, 0) is 44.9 Å². The number of aliphatic hydroxyl groups is 1. The molecular formula is C17H20F2N2O2. The van der Waals surface area contributed by atoms with E-state index in [1.807, 2.05) is 0 Å². The lowest BCUT2D eigenvalue weighted by molar-refractivity contribution is 0.130. The highest BCUT2D eigenvalue weighted by Crippen LogP contribution is 2.27. The van der Waals surface area contributed by atoms with Gasteiger partial charge in [0.1, 0.15) is 23.5 Å². The fourth-order valence-corrected chi connectivity index (χ4v) is 3.17. The van der Waals surface area contributed by atoms with E-state index in [9.17, 15) is 13.9 Å². The van der Waals surface area contributed by atoms with Crippen molar-refractivity contribution in [3.8, 4) is 11.5 Å². The lowest BCUT2D eigenvalue weighted by Gasteiger charge is -2.24. The second-order valence-corrected chi connectivity index (χ2v) is 6.09. The van der Waals surface area contributed by atoms with Gasteiger partial charge < -0.3 is 9.52 Å². The number of hydrogen-bond donors (Lipinski definition) is 1. The summed E-state index contributed by atoms with van der Waals surface area (Å²) in [7, 11) is 0. The summed E-state index contributed by atoms with van der Waals surface area (Å²) in [6.07, 6.45) is 3.92. The molecule has 2 heterocycles. The van der Waals surface area contributed by atoms with Crippen LogP contribution in [0.4, 0.5) is 8.78 Å². The summed E-state index contributed by atoms with van der Waals surface area (Å²) in [6.45, 7) is 3.26. The summed E-state index contributed by atoms with van der Waals surface area (Å²) in [5.74, 6) is -1.42. The highest BCUT2D eigenvalue weighted by Gasteiger charge is 2.26. The predicted molar refractivity (Wildman–Crippen MR) is 81.6 cm³/mol. The topological polar surface area (TPSA) is 49.5 Å². The van der Waals surface area contributed by atoms with Crippen LogP contribution >= 0.6 is 0 Å². The summed E-state index contributed by atoms with van der Waals surface area (Å²) >= 11 is 0. The molecule has 1 N–H and O–H groups in total. The molecule has 0 amide bonds. The molecule has 1 aliphatic rings. The van der Waals surface area contributed by atoms with Crippen LogP contribution in [0.2, 0.25) is 0 Å². The minimum Gasteiger partial charge on any atom is -0.444 e. The van der Waals surface area contributed by atoms with Crippen molar-refractivity contribution in [1.29, 1.82) is 0 Å². The van der Waals surface area contributed by atoms with Crippen molar-refractivity contribution in [2.75, 3.05) is 6.54 Å². The highest BCUT2D eigenvalue weighted by atomic mass is 19.1. The molecule has 1 aromatic carbocycles. The van der Waals surface area contributed by atoms with Gasteiger partial charge in [-0.2, -0.15) is 0 Å². The second-order valence-electron chi connectivity index (χ2n) is 6.09. The number of aromatic nitrogens is 1. The first kappa shape index (κ1) is 16.1. The maximum Gasteiger partial charge on any atom is 0.232 e. The smallest absolute Gasteiger partial charge is 0.232 e. The second kappa shape index (κ2) is 6.76. The average Bonchev–Trinajstić information content (AvgIpc) is 3.09. The van der Waals surface area contributed by atoms with Crippen LogP contribution in [0, 0.1) is 11.6 Å². The van der Waals surface area contributed by atoms with Gasteiger partial charge in [-0.15, -0.1) is 0 Å². The Labute approximate surface area is 133 Å². The maximum absolute atomic E-state index is 13.8. The molecule has 3 rings (SSSR count). The zero-order valence-electron chi connectivity index (χ0n) is 13.0. The Kier molecular flexibility index (Phi) is 4.73. The molecule has 2 atom stereocenters. The third-order valence-corrected chi connectivity index (χ3v) is 4.21. The van der Waals surface area contributed by atoms with Crippen molar-refractivity contribution < 1.29 is 18.3 Å². The van der Waals surface area contributed by atoms with Gasteiger partial charge in [0.05, 0.1) is 11.8 Å². The van der Waals surface area contributed by atoms with Crippen LogP contribution in [0.3, 0.4) is 0 Å². The number of hydrogen-bond acceptors (Lipinski definition) is 4. The number of rotatable bonds is 5. The zero-order chi connectivity index (χ0) is 16.4. The molecule has 0 radical (unpaired) electrons. The van der Waals surface area contributed by atoms with Crippen LogP contribution in [-0.2, 0) is 6.54 Å². The van der Waals surface area contributed by atoms with Crippen LogP contribution in [0.15, 0.2) is 28.9 Å². The van der Waals surface area contributed by atoms with Crippen LogP contribution in [0.25, 0.3) is 11.5 Å². The quantitative estimate of drug-likeness (QED) is 0.917.